The lowest BCUT2D eigenvalue weighted by molar-refractivity contribution is -1.04. The number of carbonyl (C=O) groups is 1. The van der Waals surface area contributed by atoms with Crippen LogP contribution in [0.1, 0.15) is 0 Å². The van der Waals surface area contributed by atoms with Crippen LogP contribution in [0.15, 0.2) is 12.7 Å². The van der Waals surface area contributed by atoms with Gasteiger partial charge in [-0.1, -0.05) is 6.08 Å². The molecule has 0 aromatic carbocycles. The van der Waals surface area contributed by atoms with Gasteiger partial charge in [0, 0.05) is 0 Å². The molecule has 2 N–H and O–H groups in total. The van der Waals surface area contributed by atoms with E-state index in [2.05, 4.69) is 11.4 Å². The second-order valence-electron chi connectivity index (χ2n) is 1.54. The van der Waals surface area contributed by atoms with Crippen molar-refractivity contribution in [1.82, 2.24) is 0 Å². The molecule has 5 nitrogen and oxygen atoms in total. The van der Waals surface area contributed by atoms with Crippen LogP contribution in [0.2, 0.25) is 0 Å². The van der Waals surface area contributed by atoms with E-state index in [-0.39, 0.29) is 6.61 Å². The molecule has 0 heterocycles. The smallest absolute Gasteiger partial charge is 0.362 e. The van der Waals surface area contributed by atoms with Crippen LogP contribution in [0.4, 0.5) is 0 Å². The first-order valence-electron chi connectivity index (χ1n) is 2.65. The highest BCUT2D eigenvalue weighted by atomic mass is 16.9. The van der Waals surface area contributed by atoms with Crippen LogP contribution in [0.25, 0.3) is 0 Å². The second-order valence-corrected chi connectivity index (χ2v) is 1.54. The molecule has 0 spiro atoms. The third-order valence-corrected chi connectivity index (χ3v) is 0.658. The van der Waals surface area contributed by atoms with E-state index >= 15 is 0 Å². The summed E-state index contributed by atoms with van der Waals surface area (Å²) in [5.41, 5.74) is 0. The van der Waals surface area contributed by atoms with E-state index < -0.39 is 17.7 Å². The molecule has 0 saturated carbocycles. The third kappa shape index (κ3) is 5.23. The van der Waals surface area contributed by atoms with Gasteiger partial charge in [-0.05, 0) is 0 Å². The maximum atomic E-state index is 10.4. The Hall–Kier alpha value is -0.910. The van der Waals surface area contributed by atoms with Crippen molar-refractivity contribution in [3.8, 4) is 0 Å². The van der Waals surface area contributed by atoms with E-state index in [1.165, 1.54) is 6.08 Å². The van der Waals surface area contributed by atoms with Gasteiger partial charge in [0.2, 0.25) is 6.54 Å². The number of hydroxylamine groups is 2. The summed E-state index contributed by atoms with van der Waals surface area (Å²) in [6.07, 6.45) is 1.37. The minimum absolute atomic E-state index is 0.0616. The molecule has 0 radical (unpaired) electrons. The summed E-state index contributed by atoms with van der Waals surface area (Å²) in [5.74, 6) is -1.19. The molecule has 0 aliphatic carbocycles. The lowest BCUT2D eigenvalue weighted by Crippen LogP contribution is -3.07. The standard InChI is InChI=1S/C5H9NO4/c1-2-3-10-6(9)4-5(7)8/h2,6H,1,3-4H2,(H,7,8). The maximum absolute atomic E-state index is 10.4. The summed E-state index contributed by atoms with van der Waals surface area (Å²) in [4.78, 5) is 14.2. The van der Waals surface area contributed by atoms with Gasteiger partial charge in [0.15, 0.2) is 0 Å². The van der Waals surface area contributed by atoms with E-state index in [0.717, 1.165) is 0 Å². The van der Waals surface area contributed by atoms with Crippen molar-refractivity contribution < 1.29 is 20.0 Å². The second kappa shape index (κ2) is 4.92. The van der Waals surface area contributed by atoms with Gasteiger partial charge in [-0.3, -0.25) is 0 Å². The Bertz CT molecular complexity index is 125. The van der Waals surface area contributed by atoms with Crippen molar-refractivity contribution in [3.63, 3.8) is 0 Å². The normalized spacial score (nSPS) is 12.5. The van der Waals surface area contributed by atoms with E-state index in [1.54, 1.807) is 0 Å². The zero-order valence-corrected chi connectivity index (χ0v) is 5.37. The van der Waals surface area contributed by atoms with Crippen LogP contribution < -0.4 is 5.23 Å². The summed E-state index contributed by atoms with van der Waals surface area (Å²) in [6.45, 7) is 2.76. The maximum Gasteiger partial charge on any atom is 0.362 e. The molecule has 1 unspecified atom stereocenters. The minimum atomic E-state index is -1.19. The number of hydrogen-bond acceptors (Lipinski definition) is 3. The van der Waals surface area contributed by atoms with Gasteiger partial charge in [-0.25, -0.2) is 10.0 Å². The Morgan fingerprint density at radius 3 is 2.90 bits per heavy atom. The lowest BCUT2D eigenvalue weighted by Gasteiger charge is -2.15. The highest BCUT2D eigenvalue weighted by molar-refractivity contribution is 5.67. The predicted molar refractivity (Wildman–Crippen MR) is 33.0 cm³/mol. The van der Waals surface area contributed by atoms with E-state index in [0.29, 0.717) is 0 Å². The van der Waals surface area contributed by atoms with Gasteiger partial charge < -0.3 is 10.3 Å². The van der Waals surface area contributed by atoms with Crippen LogP contribution in [0.3, 0.4) is 0 Å². The first-order chi connectivity index (χ1) is 4.66. The molecular formula is C5H9NO4. The largest absolute Gasteiger partial charge is 0.599 e. The molecular weight excluding hydrogens is 138 g/mol. The van der Waals surface area contributed by atoms with Crippen LogP contribution in [0.5, 0.6) is 0 Å². The monoisotopic (exact) mass is 147 g/mol. The zero-order chi connectivity index (χ0) is 7.98. The Morgan fingerprint density at radius 2 is 2.50 bits per heavy atom. The molecule has 0 fully saturated rings. The first kappa shape index (κ1) is 9.09. The molecule has 0 aliphatic rings. The Labute approximate surface area is 58.0 Å². The lowest BCUT2D eigenvalue weighted by atomic mass is 10.7. The molecule has 0 amide bonds. The number of quaternary nitrogens is 1. The topological polar surface area (TPSA) is 74.0 Å². The van der Waals surface area contributed by atoms with Crippen molar-refractivity contribution in [2.24, 2.45) is 0 Å². The van der Waals surface area contributed by atoms with Crippen LogP contribution in [-0.2, 0) is 9.63 Å². The average Bonchev–Trinajstić information content (AvgIpc) is 1.82. The third-order valence-electron chi connectivity index (χ3n) is 0.658. The van der Waals surface area contributed by atoms with Crippen molar-refractivity contribution in [2.45, 2.75) is 0 Å². The van der Waals surface area contributed by atoms with E-state index in [9.17, 15) is 10.0 Å². The summed E-state index contributed by atoms with van der Waals surface area (Å²) in [5, 5.41) is 17.7. The summed E-state index contributed by atoms with van der Waals surface area (Å²) in [7, 11) is 0. The highest BCUT2D eigenvalue weighted by Gasteiger charge is 2.02. The van der Waals surface area contributed by atoms with Crippen molar-refractivity contribution in [3.05, 3.63) is 17.9 Å². The summed E-state index contributed by atoms with van der Waals surface area (Å²) >= 11 is 0. The first-order valence-corrected chi connectivity index (χ1v) is 2.65. The molecule has 1 atom stereocenters. The number of nitrogens with one attached hydrogen (secondary N) is 1. The van der Waals surface area contributed by atoms with Crippen LogP contribution in [0, 0.1) is 5.21 Å². The van der Waals surface area contributed by atoms with Crippen molar-refractivity contribution >= 4 is 5.97 Å². The van der Waals surface area contributed by atoms with Gasteiger partial charge in [0.1, 0.15) is 6.61 Å². The molecule has 0 rings (SSSR count). The average molecular weight is 147 g/mol. The van der Waals surface area contributed by atoms with Crippen LogP contribution in [-0.4, -0.2) is 24.2 Å². The molecule has 10 heavy (non-hydrogen) atoms. The molecule has 0 aromatic heterocycles. The fourth-order valence-electron chi connectivity index (χ4n) is 0.326. The fraction of sp³-hybridized carbons (Fsp3) is 0.400. The quantitative estimate of drug-likeness (QED) is 0.369. The molecule has 0 aromatic rings. The Morgan fingerprint density at radius 1 is 1.90 bits per heavy atom. The van der Waals surface area contributed by atoms with Gasteiger partial charge in [0.25, 0.3) is 0 Å². The SMILES string of the molecule is C=CCO[NH+]([O-])CC(=O)O. The molecule has 0 bridgehead atoms. The summed E-state index contributed by atoms with van der Waals surface area (Å²) in [6, 6.07) is 0. The Balaban J connectivity index is 3.33. The molecule has 0 aliphatic heterocycles. The zero-order valence-electron chi connectivity index (χ0n) is 5.37. The molecule has 58 valence electrons. The van der Waals surface area contributed by atoms with E-state index in [4.69, 9.17) is 5.11 Å². The number of hydrogen-bond donors (Lipinski definition) is 2. The summed E-state index contributed by atoms with van der Waals surface area (Å²) < 4.78 is 0. The number of rotatable bonds is 5. The predicted octanol–water partition coefficient (Wildman–Crippen LogP) is -1.43. The van der Waals surface area contributed by atoms with E-state index in [1.807, 2.05) is 0 Å². The fourth-order valence-corrected chi connectivity index (χ4v) is 0.326. The van der Waals surface area contributed by atoms with Gasteiger partial charge in [-0.15, -0.1) is 6.58 Å². The van der Waals surface area contributed by atoms with Gasteiger partial charge in [-0.2, -0.15) is 4.84 Å². The van der Waals surface area contributed by atoms with Gasteiger partial charge in [0.05, 0.1) is 0 Å². The van der Waals surface area contributed by atoms with Crippen molar-refractivity contribution in [2.75, 3.05) is 13.2 Å². The Kier molecular flexibility index (Phi) is 4.47. The van der Waals surface area contributed by atoms with Gasteiger partial charge >= 0.3 is 5.97 Å². The molecule has 0 saturated heterocycles. The van der Waals surface area contributed by atoms with Crippen LogP contribution >= 0.6 is 0 Å². The minimum Gasteiger partial charge on any atom is -0.599 e. The highest BCUT2D eigenvalue weighted by Crippen LogP contribution is 1.61. The number of carboxylic acid groups (broad SMARTS) is 1. The molecule has 5 heteroatoms. The van der Waals surface area contributed by atoms with Crippen molar-refractivity contribution in [1.29, 1.82) is 0 Å². The number of aliphatic carboxylic acids is 1. The number of carboxylic acids is 1.